The number of thiazole rings is 1. The number of nitrogens with zero attached hydrogens (tertiary/aromatic N) is 1. The number of fused-ring (bicyclic) bond motifs is 1. The molecule has 4 aromatic rings. The predicted octanol–water partition coefficient (Wildman–Crippen LogP) is 5.39. The summed E-state index contributed by atoms with van der Waals surface area (Å²) < 4.78 is 5.57. The second-order valence-electron chi connectivity index (χ2n) is 5.54. The number of carbonyl (C=O) groups is 1. The van der Waals surface area contributed by atoms with Crippen LogP contribution in [0.25, 0.3) is 11.0 Å². The van der Waals surface area contributed by atoms with Gasteiger partial charge in [0.25, 0.3) is 5.91 Å². The predicted molar refractivity (Wildman–Crippen MR) is 101 cm³/mol. The van der Waals surface area contributed by atoms with Gasteiger partial charge in [0.2, 0.25) is 0 Å². The smallest absolute Gasteiger partial charge is 0.293 e. The quantitative estimate of drug-likeness (QED) is 0.525. The lowest BCUT2D eigenvalue weighted by atomic mass is 10.1. The zero-order valence-corrected chi connectivity index (χ0v) is 14.6. The molecule has 25 heavy (non-hydrogen) atoms. The van der Waals surface area contributed by atoms with Crippen LogP contribution in [0, 0.1) is 0 Å². The van der Waals surface area contributed by atoms with Crippen molar-refractivity contribution in [1.82, 2.24) is 4.98 Å². The number of carbonyl (C=O) groups excluding carboxylic acids is 1. The van der Waals surface area contributed by atoms with Gasteiger partial charge in [-0.1, -0.05) is 41.9 Å². The van der Waals surface area contributed by atoms with Gasteiger partial charge in [0, 0.05) is 27.9 Å². The standard InChI is InChI=1S/C19H13ClN2O2S/c20-14-7-5-12(6-8-14)9-15-11-21-19(25-15)22-18(23)17-10-13-3-1-2-4-16(13)24-17/h1-8,10-11H,9H2,(H,21,22,23). The van der Waals surface area contributed by atoms with Crippen LogP contribution in [0.15, 0.2) is 65.2 Å². The topological polar surface area (TPSA) is 55.1 Å². The minimum absolute atomic E-state index is 0.274. The van der Waals surface area contributed by atoms with E-state index in [0.29, 0.717) is 15.7 Å². The molecule has 0 saturated heterocycles. The van der Waals surface area contributed by atoms with E-state index in [9.17, 15) is 4.79 Å². The Morgan fingerprint density at radius 1 is 1.16 bits per heavy atom. The number of rotatable bonds is 4. The van der Waals surface area contributed by atoms with Crippen molar-refractivity contribution in [2.24, 2.45) is 0 Å². The fourth-order valence-corrected chi connectivity index (χ4v) is 3.47. The normalized spacial score (nSPS) is 10.9. The van der Waals surface area contributed by atoms with Gasteiger partial charge in [-0.3, -0.25) is 10.1 Å². The van der Waals surface area contributed by atoms with E-state index in [1.807, 2.05) is 48.5 Å². The SMILES string of the molecule is O=C(Nc1ncc(Cc2ccc(Cl)cc2)s1)c1cc2ccccc2o1. The third-order valence-corrected chi connectivity index (χ3v) is 4.88. The van der Waals surface area contributed by atoms with Crippen molar-refractivity contribution in [2.75, 3.05) is 5.32 Å². The first-order chi connectivity index (χ1) is 12.2. The summed E-state index contributed by atoms with van der Waals surface area (Å²) in [6.45, 7) is 0. The van der Waals surface area contributed by atoms with Gasteiger partial charge < -0.3 is 4.42 Å². The van der Waals surface area contributed by atoms with Gasteiger partial charge in [-0.15, -0.1) is 11.3 Å². The number of furan rings is 1. The van der Waals surface area contributed by atoms with Crippen LogP contribution in [0.2, 0.25) is 5.02 Å². The maximum atomic E-state index is 12.3. The van der Waals surface area contributed by atoms with Crippen molar-refractivity contribution in [3.05, 3.63) is 82.0 Å². The van der Waals surface area contributed by atoms with Crippen LogP contribution < -0.4 is 5.32 Å². The van der Waals surface area contributed by atoms with Crippen molar-refractivity contribution in [2.45, 2.75) is 6.42 Å². The fourth-order valence-electron chi connectivity index (χ4n) is 2.50. The molecule has 124 valence electrons. The first kappa shape index (κ1) is 15.9. The van der Waals surface area contributed by atoms with E-state index < -0.39 is 0 Å². The second kappa shape index (κ2) is 6.70. The lowest BCUT2D eigenvalue weighted by Gasteiger charge is -1.98. The van der Waals surface area contributed by atoms with Gasteiger partial charge >= 0.3 is 0 Å². The molecule has 0 radical (unpaired) electrons. The third kappa shape index (κ3) is 3.57. The molecule has 0 aliphatic carbocycles. The van der Waals surface area contributed by atoms with Gasteiger partial charge in [0.05, 0.1) is 0 Å². The Hall–Kier alpha value is -2.63. The van der Waals surface area contributed by atoms with Crippen molar-refractivity contribution in [1.29, 1.82) is 0 Å². The second-order valence-corrected chi connectivity index (χ2v) is 7.09. The number of para-hydroxylation sites is 1. The van der Waals surface area contributed by atoms with E-state index in [-0.39, 0.29) is 11.7 Å². The van der Waals surface area contributed by atoms with Gasteiger partial charge in [-0.2, -0.15) is 0 Å². The van der Waals surface area contributed by atoms with E-state index in [1.165, 1.54) is 11.3 Å². The van der Waals surface area contributed by atoms with Crippen LogP contribution in [0.5, 0.6) is 0 Å². The minimum atomic E-state index is -0.302. The van der Waals surface area contributed by atoms with E-state index in [0.717, 1.165) is 22.2 Å². The number of hydrogen-bond donors (Lipinski definition) is 1. The van der Waals surface area contributed by atoms with Crippen molar-refractivity contribution in [3.8, 4) is 0 Å². The summed E-state index contributed by atoms with van der Waals surface area (Å²) in [4.78, 5) is 17.7. The fraction of sp³-hybridized carbons (Fsp3) is 0.0526. The zero-order chi connectivity index (χ0) is 17.2. The molecular weight excluding hydrogens is 356 g/mol. The monoisotopic (exact) mass is 368 g/mol. The van der Waals surface area contributed by atoms with Crippen molar-refractivity contribution < 1.29 is 9.21 Å². The summed E-state index contributed by atoms with van der Waals surface area (Å²) in [5.41, 5.74) is 1.83. The molecule has 0 atom stereocenters. The molecule has 2 heterocycles. The first-order valence-electron chi connectivity index (χ1n) is 7.66. The molecule has 4 nitrogen and oxygen atoms in total. The average Bonchev–Trinajstić information content (AvgIpc) is 3.23. The van der Waals surface area contributed by atoms with E-state index in [1.54, 1.807) is 12.3 Å². The molecule has 6 heteroatoms. The van der Waals surface area contributed by atoms with Crippen molar-refractivity contribution >= 4 is 44.9 Å². The Morgan fingerprint density at radius 2 is 1.96 bits per heavy atom. The van der Waals surface area contributed by atoms with Gasteiger partial charge in [0.15, 0.2) is 10.9 Å². The van der Waals surface area contributed by atoms with E-state index in [4.69, 9.17) is 16.0 Å². The Bertz CT molecular complexity index is 1000. The molecular formula is C19H13ClN2O2S. The summed E-state index contributed by atoms with van der Waals surface area (Å²) in [5.74, 6) is -0.0285. The Balaban J connectivity index is 1.46. The number of halogens is 1. The molecule has 4 rings (SSSR count). The number of aromatic nitrogens is 1. The van der Waals surface area contributed by atoms with Gasteiger partial charge in [-0.25, -0.2) is 4.98 Å². The summed E-state index contributed by atoms with van der Waals surface area (Å²) in [7, 11) is 0. The number of benzene rings is 2. The van der Waals surface area contributed by atoms with Crippen molar-refractivity contribution in [3.63, 3.8) is 0 Å². The van der Waals surface area contributed by atoms with Gasteiger partial charge in [0.1, 0.15) is 5.58 Å². The first-order valence-corrected chi connectivity index (χ1v) is 8.86. The van der Waals surface area contributed by atoms with Crippen LogP contribution in [-0.4, -0.2) is 10.9 Å². The molecule has 0 saturated carbocycles. The third-order valence-electron chi connectivity index (χ3n) is 3.71. The van der Waals surface area contributed by atoms with Crippen LogP contribution >= 0.6 is 22.9 Å². The highest BCUT2D eigenvalue weighted by molar-refractivity contribution is 7.15. The Morgan fingerprint density at radius 3 is 2.76 bits per heavy atom. The molecule has 0 unspecified atom stereocenters. The summed E-state index contributed by atoms with van der Waals surface area (Å²) in [6.07, 6.45) is 2.52. The molecule has 2 aromatic heterocycles. The molecule has 0 aliphatic rings. The highest BCUT2D eigenvalue weighted by Gasteiger charge is 2.14. The maximum absolute atomic E-state index is 12.3. The molecule has 1 amide bonds. The summed E-state index contributed by atoms with van der Waals surface area (Å²) in [5, 5.41) is 4.95. The lowest BCUT2D eigenvalue weighted by molar-refractivity contribution is 0.0998. The highest BCUT2D eigenvalue weighted by Crippen LogP contribution is 2.24. The molecule has 1 N–H and O–H groups in total. The Labute approximate surface area is 153 Å². The number of hydrogen-bond acceptors (Lipinski definition) is 4. The largest absolute Gasteiger partial charge is 0.451 e. The summed E-state index contributed by atoms with van der Waals surface area (Å²) in [6, 6.07) is 16.9. The molecule has 2 aromatic carbocycles. The van der Waals surface area contributed by atoms with Crippen LogP contribution in [-0.2, 0) is 6.42 Å². The minimum Gasteiger partial charge on any atom is -0.451 e. The van der Waals surface area contributed by atoms with Crippen LogP contribution in [0.4, 0.5) is 5.13 Å². The van der Waals surface area contributed by atoms with Crippen LogP contribution in [0.3, 0.4) is 0 Å². The van der Waals surface area contributed by atoms with Gasteiger partial charge in [-0.05, 0) is 29.8 Å². The zero-order valence-electron chi connectivity index (χ0n) is 13.0. The highest BCUT2D eigenvalue weighted by atomic mass is 35.5. The molecule has 0 fully saturated rings. The summed E-state index contributed by atoms with van der Waals surface area (Å²) >= 11 is 7.34. The number of amides is 1. The molecule has 0 spiro atoms. The number of anilines is 1. The molecule has 0 aliphatic heterocycles. The Kier molecular flexibility index (Phi) is 4.26. The number of nitrogens with one attached hydrogen (secondary N) is 1. The van der Waals surface area contributed by atoms with E-state index in [2.05, 4.69) is 10.3 Å². The van der Waals surface area contributed by atoms with Crippen LogP contribution in [0.1, 0.15) is 21.0 Å². The lowest BCUT2D eigenvalue weighted by Crippen LogP contribution is -2.10. The van der Waals surface area contributed by atoms with E-state index >= 15 is 0 Å². The average molecular weight is 369 g/mol. The maximum Gasteiger partial charge on any atom is 0.293 e. The molecule has 0 bridgehead atoms.